The molecule has 0 fully saturated rings. The first kappa shape index (κ1) is 22.3. The highest BCUT2D eigenvalue weighted by Crippen LogP contribution is 2.28. The van der Waals surface area contributed by atoms with E-state index >= 15 is 0 Å². The maximum atomic E-state index is 12.3. The molecule has 3 rings (SSSR count). The number of ether oxygens (including phenoxy) is 3. The smallest absolute Gasteiger partial charge is 0.366 e. The average molecular weight is 435 g/mol. The van der Waals surface area contributed by atoms with Gasteiger partial charge in [-0.2, -0.15) is 0 Å². The lowest BCUT2D eigenvalue weighted by molar-refractivity contribution is 0.0592. The van der Waals surface area contributed by atoms with Crippen LogP contribution in [0.1, 0.15) is 20.7 Å². The highest BCUT2D eigenvalue weighted by Gasteiger charge is 2.13. The van der Waals surface area contributed by atoms with Crippen LogP contribution in [0.5, 0.6) is 17.2 Å². The molecule has 0 radical (unpaired) electrons. The van der Waals surface area contributed by atoms with Gasteiger partial charge in [0.15, 0.2) is 11.5 Å². The Hall–Kier alpha value is -4.40. The molecule has 3 aromatic carbocycles. The van der Waals surface area contributed by atoms with Gasteiger partial charge in [0.2, 0.25) is 0 Å². The zero-order valence-electron chi connectivity index (χ0n) is 17.7. The Morgan fingerprint density at radius 2 is 1.47 bits per heavy atom. The summed E-state index contributed by atoms with van der Waals surface area (Å²) in [5.41, 5.74) is 4.13. The molecule has 164 valence electrons. The molecule has 1 amide bonds. The largest absolute Gasteiger partial charge is 0.496 e. The molecule has 0 saturated heterocycles. The third kappa shape index (κ3) is 5.39. The van der Waals surface area contributed by atoms with Gasteiger partial charge in [0.25, 0.3) is 5.91 Å². The minimum Gasteiger partial charge on any atom is -0.496 e. The van der Waals surface area contributed by atoms with Crippen LogP contribution in [-0.4, -0.2) is 33.2 Å². The fourth-order valence-corrected chi connectivity index (χ4v) is 2.70. The number of amides is 1. The predicted molar refractivity (Wildman–Crippen MR) is 117 cm³/mol. The predicted octanol–water partition coefficient (Wildman–Crippen LogP) is 4.82. The van der Waals surface area contributed by atoms with Gasteiger partial charge in [-0.25, -0.2) is 10.3 Å². The average Bonchev–Trinajstić information content (AvgIpc) is 2.85. The summed E-state index contributed by atoms with van der Waals surface area (Å²) in [4.78, 5) is 29.6. The van der Waals surface area contributed by atoms with Gasteiger partial charge in [0.1, 0.15) is 11.3 Å². The van der Waals surface area contributed by atoms with Gasteiger partial charge in [0, 0.05) is 5.56 Å². The Bertz CT molecular complexity index is 1130. The molecule has 0 spiro atoms. The van der Waals surface area contributed by atoms with E-state index in [1.54, 1.807) is 60.7 Å². The number of para-hydroxylation sites is 1. The summed E-state index contributed by atoms with van der Waals surface area (Å²) in [5, 5.41) is 7.67. The molecule has 0 atom stereocenters. The van der Waals surface area contributed by atoms with Crippen LogP contribution in [0.4, 0.5) is 11.4 Å². The quantitative estimate of drug-likeness (QED) is 0.399. The zero-order chi connectivity index (χ0) is 22.9. The van der Waals surface area contributed by atoms with Crippen molar-refractivity contribution in [3.8, 4) is 17.2 Å². The third-order valence-electron chi connectivity index (χ3n) is 4.34. The zero-order valence-corrected chi connectivity index (χ0v) is 17.7. The highest BCUT2D eigenvalue weighted by atomic mass is 16.7. The van der Waals surface area contributed by atoms with E-state index in [9.17, 15) is 9.59 Å². The third-order valence-corrected chi connectivity index (χ3v) is 4.34. The summed E-state index contributed by atoms with van der Waals surface area (Å²) < 4.78 is 15.5. The Kier molecular flexibility index (Phi) is 7.37. The first-order valence-electron chi connectivity index (χ1n) is 9.44. The maximum Gasteiger partial charge on any atom is 0.366 e. The molecule has 0 saturated carbocycles. The van der Waals surface area contributed by atoms with Crippen molar-refractivity contribution in [2.24, 2.45) is 10.2 Å². The second kappa shape index (κ2) is 10.6. The van der Waals surface area contributed by atoms with Gasteiger partial charge in [-0.3, -0.25) is 4.79 Å². The van der Waals surface area contributed by atoms with Crippen molar-refractivity contribution in [2.75, 3.05) is 26.8 Å². The molecular weight excluding hydrogens is 414 g/mol. The summed E-state index contributed by atoms with van der Waals surface area (Å²) in [6.45, 7) is 0. The molecule has 9 nitrogen and oxygen atoms in total. The minimum atomic E-state index is -0.591. The molecule has 0 aliphatic rings. The van der Waals surface area contributed by atoms with Crippen LogP contribution in [0, 0.1) is 0 Å². The number of methoxy groups -OCH3 is 3. The van der Waals surface area contributed by atoms with Gasteiger partial charge >= 0.3 is 5.97 Å². The molecule has 9 heteroatoms. The van der Waals surface area contributed by atoms with E-state index in [2.05, 4.69) is 15.7 Å². The van der Waals surface area contributed by atoms with Gasteiger partial charge < -0.3 is 19.0 Å². The second-order valence-electron chi connectivity index (χ2n) is 6.31. The number of benzene rings is 3. The molecule has 0 unspecified atom stereocenters. The standard InChI is InChI=1S/C23H21N3O6/c1-29-19-7-5-4-6-18(19)23(28)32-26-17-11-9-16(10-12-17)24-25-22(27)15-8-13-20(30-2)21(14-15)31-3/h4-14,26H,1-3H3. The molecule has 0 aliphatic carbocycles. The van der Waals surface area contributed by atoms with Crippen LogP contribution >= 0.6 is 0 Å². The van der Waals surface area contributed by atoms with Crippen LogP contribution < -0.4 is 19.7 Å². The Labute approximate surface area is 184 Å². The van der Waals surface area contributed by atoms with E-state index in [4.69, 9.17) is 19.0 Å². The number of nitrogens with one attached hydrogen (secondary N) is 1. The molecule has 0 bridgehead atoms. The molecule has 0 aromatic heterocycles. The number of nitrogens with zero attached hydrogens (tertiary/aromatic N) is 2. The van der Waals surface area contributed by atoms with Crippen molar-refractivity contribution in [3.63, 3.8) is 0 Å². The Morgan fingerprint density at radius 1 is 0.781 bits per heavy atom. The number of hydrogen-bond donors (Lipinski definition) is 1. The van der Waals surface area contributed by atoms with Gasteiger partial charge in [-0.15, -0.1) is 10.2 Å². The summed E-state index contributed by atoms with van der Waals surface area (Å²) in [6, 6.07) is 17.9. The normalized spacial score (nSPS) is 10.5. The number of hydrogen-bond acceptors (Lipinski definition) is 8. The van der Waals surface area contributed by atoms with Crippen LogP contribution in [0.3, 0.4) is 0 Å². The highest BCUT2D eigenvalue weighted by molar-refractivity contribution is 5.95. The summed E-state index contributed by atoms with van der Waals surface area (Å²) >= 11 is 0. The topological polar surface area (TPSA) is 108 Å². The van der Waals surface area contributed by atoms with E-state index in [-0.39, 0.29) is 0 Å². The number of carbonyl (C=O) groups is 2. The molecule has 1 N–H and O–H groups in total. The fraction of sp³-hybridized carbons (Fsp3) is 0.130. The fourth-order valence-electron chi connectivity index (χ4n) is 2.70. The lowest BCUT2D eigenvalue weighted by atomic mass is 10.2. The van der Waals surface area contributed by atoms with Crippen molar-refractivity contribution in [1.82, 2.24) is 0 Å². The number of anilines is 1. The first-order valence-corrected chi connectivity index (χ1v) is 9.44. The van der Waals surface area contributed by atoms with E-state index in [1.807, 2.05) is 0 Å². The Balaban J connectivity index is 1.60. The summed E-state index contributed by atoms with van der Waals surface area (Å²) in [6.07, 6.45) is 0. The molecule has 32 heavy (non-hydrogen) atoms. The van der Waals surface area contributed by atoms with Gasteiger partial charge in [-0.1, -0.05) is 12.1 Å². The summed E-state index contributed by atoms with van der Waals surface area (Å²) in [5.74, 6) is 0.224. The van der Waals surface area contributed by atoms with Crippen LogP contribution in [0.15, 0.2) is 77.0 Å². The maximum absolute atomic E-state index is 12.3. The number of rotatable bonds is 8. The SMILES string of the molecule is COc1ccc(C(=O)N=Nc2ccc(NOC(=O)c3ccccc3OC)cc2)cc1OC. The van der Waals surface area contributed by atoms with Crippen LogP contribution in [0.25, 0.3) is 0 Å². The Morgan fingerprint density at radius 3 is 2.16 bits per heavy atom. The van der Waals surface area contributed by atoms with E-state index in [0.717, 1.165) is 0 Å². The molecule has 0 heterocycles. The number of carbonyl (C=O) groups excluding carboxylic acids is 2. The lowest BCUT2D eigenvalue weighted by Gasteiger charge is -2.09. The molecule has 3 aromatic rings. The van der Waals surface area contributed by atoms with Gasteiger partial charge in [-0.05, 0) is 54.6 Å². The number of azo groups is 1. The lowest BCUT2D eigenvalue weighted by Crippen LogP contribution is -2.11. The van der Waals surface area contributed by atoms with E-state index in [1.165, 1.54) is 27.4 Å². The molecular formula is C23H21N3O6. The molecule has 0 aliphatic heterocycles. The van der Waals surface area contributed by atoms with Crippen molar-refractivity contribution >= 4 is 23.3 Å². The van der Waals surface area contributed by atoms with E-state index < -0.39 is 11.9 Å². The van der Waals surface area contributed by atoms with E-state index in [0.29, 0.717) is 39.8 Å². The monoisotopic (exact) mass is 435 g/mol. The van der Waals surface area contributed by atoms with Crippen molar-refractivity contribution in [3.05, 3.63) is 77.9 Å². The van der Waals surface area contributed by atoms with Crippen molar-refractivity contribution in [1.29, 1.82) is 0 Å². The minimum absolute atomic E-state index is 0.293. The van der Waals surface area contributed by atoms with Gasteiger partial charge in [0.05, 0.1) is 32.7 Å². The van der Waals surface area contributed by atoms with Crippen LogP contribution in [-0.2, 0) is 4.84 Å². The first-order chi connectivity index (χ1) is 15.5. The van der Waals surface area contributed by atoms with Crippen molar-refractivity contribution in [2.45, 2.75) is 0 Å². The summed E-state index contributed by atoms with van der Waals surface area (Å²) in [7, 11) is 4.47. The van der Waals surface area contributed by atoms with Crippen LogP contribution in [0.2, 0.25) is 0 Å². The van der Waals surface area contributed by atoms with Crippen molar-refractivity contribution < 1.29 is 28.6 Å². The second-order valence-corrected chi connectivity index (χ2v) is 6.31.